The van der Waals surface area contributed by atoms with Crippen molar-refractivity contribution in [1.82, 2.24) is 10.2 Å². The van der Waals surface area contributed by atoms with Crippen LogP contribution in [-0.2, 0) is 4.74 Å². The lowest BCUT2D eigenvalue weighted by atomic mass is 10.4. The van der Waals surface area contributed by atoms with E-state index in [2.05, 4.69) is 22.7 Å². The fraction of sp³-hybridized carbons (Fsp3) is 0.769. The summed E-state index contributed by atoms with van der Waals surface area (Å²) in [5.74, 6) is 0. The lowest BCUT2D eigenvalue weighted by Gasteiger charge is -2.26. The lowest BCUT2D eigenvalue weighted by Crippen LogP contribution is -2.44. The summed E-state index contributed by atoms with van der Waals surface area (Å²) in [6.45, 7) is 11.3. The smallest absolute Gasteiger partial charge is 0.0650 e. The third kappa shape index (κ3) is 6.26. The summed E-state index contributed by atoms with van der Waals surface area (Å²) in [6, 6.07) is 0. The summed E-state index contributed by atoms with van der Waals surface area (Å²) in [4.78, 5) is 2.45. The van der Waals surface area contributed by atoms with E-state index in [4.69, 9.17) is 4.74 Å². The molecule has 1 aliphatic carbocycles. The van der Waals surface area contributed by atoms with Crippen LogP contribution >= 0.6 is 0 Å². The highest BCUT2D eigenvalue weighted by Crippen LogP contribution is 2.25. The average molecular weight is 226 g/mol. The van der Waals surface area contributed by atoms with Gasteiger partial charge in [-0.05, 0) is 12.8 Å². The first-order valence-electron chi connectivity index (χ1n) is 6.48. The summed E-state index contributed by atoms with van der Waals surface area (Å²) in [7, 11) is 0. The van der Waals surface area contributed by atoms with Crippen LogP contribution in [0.4, 0.5) is 0 Å². The zero-order valence-corrected chi connectivity index (χ0v) is 10.7. The number of nitrogens with zero attached hydrogens (tertiary/aromatic N) is 1. The van der Waals surface area contributed by atoms with Gasteiger partial charge in [-0.25, -0.2) is 0 Å². The maximum absolute atomic E-state index is 5.53. The first-order valence-corrected chi connectivity index (χ1v) is 6.48. The summed E-state index contributed by atoms with van der Waals surface area (Å²) < 4.78 is 5.53. The number of piperazine rings is 1. The van der Waals surface area contributed by atoms with E-state index in [1.807, 2.05) is 13.8 Å². The van der Waals surface area contributed by atoms with Crippen molar-refractivity contribution in [3.63, 3.8) is 0 Å². The number of allylic oxidation sites excluding steroid dienone is 1. The molecule has 0 atom stereocenters. The van der Waals surface area contributed by atoms with Crippen molar-refractivity contribution in [2.45, 2.75) is 20.3 Å². The topological polar surface area (TPSA) is 24.5 Å². The SMILES string of the molecule is CC.[CH]1CC1=CCOCCN1CCNCC1.[H]. The Kier molecular flexibility index (Phi) is 7.47. The lowest BCUT2D eigenvalue weighted by molar-refractivity contribution is 0.118. The molecule has 0 amide bonds. The highest BCUT2D eigenvalue weighted by molar-refractivity contribution is 5.31. The predicted octanol–water partition coefficient (Wildman–Crippen LogP) is 1.58. The van der Waals surface area contributed by atoms with Gasteiger partial charge in [0.15, 0.2) is 0 Å². The summed E-state index contributed by atoms with van der Waals surface area (Å²) in [5.41, 5.74) is 1.45. The van der Waals surface area contributed by atoms with Crippen LogP contribution in [0.15, 0.2) is 11.6 Å². The van der Waals surface area contributed by atoms with Crippen molar-refractivity contribution in [3.8, 4) is 0 Å². The van der Waals surface area contributed by atoms with Gasteiger partial charge >= 0.3 is 0 Å². The summed E-state index contributed by atoms with van der Waals surface area (Å²) in [6.07, 6.45) is 5.58. The van der Waals surface area contributed by atoms with E-state index < -0.39 is 0 Å². The second kappa shape index (κ2) is 8.74. The Balaban J connectivity index is 0.000000811. The monoisotopic (exact) mass is 226 g/mol. The zero-order valence-electron chi connectivity index (χ0n) is 11.7. The van der Waals surface area contributed by atoms with Gasteiger partial charge in [0.2, 0.25) is 0 Å². The molecule has 1 saturated heterocycles. The summed E-state index contributed by atoms with van der Waals surface area (Å²) in [5, 5.41) is 3.34. The highest BCUT2D eigenvalue weighted by Gasteiger charge is 2.10. The molecule has 0 unspecified atom stereocenters. The molecule has 1 saturated carbocycles. The van der Waals surface area contributed by atoms with Gasteiger partial charge in [0.1, 0.15) is 0 Å². The maximum atomic E-state index is 5.53. The molecule has 3 nitrogen and oxygen atoms in total. The second-order valence-corrected chi connectivity index (χ2v) is 3.85. The number of hydrogen-bond donors (Lipinski definition) is 1. The maximum Gasteiger partial charge on any atom is 0.0650 e. The first kappa shape index (κ1) is 13.7. The Labute approximate surface area is 101 Å². The van der Waals surface area contributed by atoms with Gasteiger partial charge in [-0.1, -0.05) is 25.5 Å². The molecule has 1 aliphatic heterocycles. The van der Waals surface area contributed by atoms with E-state index >= 15 is 0 Å². The van der Waals surface area contributed by atoms with Crippen LogP contribution < -0.4 is 5.32 Å². The van der Waals surface area contributed by atoms with Crippen LogP contribution in [0.2, 0.25) is 0 Å². The van der Waals surface area contributed by atoms with Crippen molar-refractivity contribution in [1.29, 1.82) is 0 Å². The molecule has 0 bridgehead atoms. The molecule has 16 heavy (non-hydrogen) atoms. The predicted molar refractivity (Wildman–Crippen MR) is 69.6 cm³/mol. The van der Waals surface area contributed by atoms with Gasteiger partial charge in [0.25, 0.3) is 0 Å². The Hall–Kier alpha value is -0.380. The van der Waals surface area contributed by atoms with E-state index in [1.54, 1.807) is 0 Å². The quantitative estimate of drug-likeness (QED) is 0.720. The van der Waals surface area contributed by atoms with Gasteiger partial charge in [-0.3, -0.25) is 4.90 Å². The van der Waals surface area contributed by atoms with Gasteiger partial charge in [-0.15, -0.1) is 0 Å². The van der Waals surface area contributed by atoms with E-state index in [-0.39, 0.29) is 1.43 Å². The number of hydrogen-bond acceptors (Lipinski definition) is 3. The van der Waals surface area contributed by atoms with Crippen molar-refractivity contribution in [2.75, 3.05) is 45.9 Å². The Bertz CT molecular complexity index is 198. The molecule has 1 N–H and O–H groups in total. The minimum absolute atomic E-state index is 0. The Morgan fingerprint density at radius 2 is 2.12 bits per heavy atom. The molecular weight excluding hydrogens is 200 g/mol. The summed E-state index contributed by atoms with van der Waals surface area (Å²) >= 11 is 0. The minimum Gasteiger partial charge on any atom is -0.376 e. The molecule has 94 valence electrons. The van der Waals surface area contributed by atoms with Crippen molar-refractivity contribution in [3.05, 3.63) is 18.1 Å². The van der Waals surface area contributed by atoms with Crippen LogP contribution in [0.25, 0.3) is 0 Å². The minimum atomic E-state index is 0. The van der Waals surface area contributed by atoms with Crippen molar-refractivity contribution < 1.29 is 6.16 Å². The van der Waals surface area contributed by atoms with Crippen LogP contribution in [0, 0.1) is 6.42 Å². The van der Waals surface area contributed by atoms with E-state index in [0.717, 1.165) is 45.9 Å². The van der Waals surface area contributed by atoms with Gasteiger partial charge < -0.3 is 10.1 Å². The molecular formula is C13H26N2O. The van der Waals surface area contributed by atoms with Crippen molar-refractivity contribution >= 4 is 0 Å². The van der Waals surface area contributed by atoms with Crippen LogP contribution in [0.1, 0.15) is 21.7 Å². The molecule has 0 aromatic carbocycles. The number of ether oxygens (including phenoxy) is 1. The standard InChI is InChI=1S/C11H19N2O.C2H6.H/c1-2-11(1)3-9-14-10-8-13-6-4-12-5-7-13;1-2;/h1,3,12H,2,4-10H2;1-2H3;. The molecule has 3 heteroatoms. The molecule has 2 radical (unpaired) electrons. The second-order valence-electron chi connectivity index (χ2n) is 3.85. The molecule has 0 aromatic heterocycles. The molecule has 0 aromatic rings. The van der Waals surface area contributed by atoms with Gasteiger partial charge in [-0.2, -0.15) is 0 Å². The van der Waals surface area contributed by atoms with Crippen LogP contribution in [-0.4, -0.2) is 50.8 Å². The van der Waals surface area contributed by atoms with Gasteiger partial charge in [0.05, 0.1) is 13.2 Å². The molecule has 2 aliphatic rings. The van der Waals surface area contributed by atoms with Crippen LogP contribution in [0.5, 0.6) is 0 Å². The first-order chi connectivity index (χ1) is 7.95. The normalized spacial score (nSPS) is 22.8. The largest absolute Gasteiger partial charge is 0.376 e. The van der Waals surface area contributed by atoms with E-state index in [1.165, 1.54) is 12.0 Å². The molecule has 2 fully saturated rings. The van der Waals surface area contributed by atoms with E-state index in [9.17, 15) is 0 Å². The molecule has 2 rings (SSSR count). The van der Waals surface area contributed by atoms with E-state index in [0.29, 0.717) is 0 Å². The highest BCUT2D eigenvalue weighted by atomic mass is 16.5. The third-order valence-corrected chi connectivity index (χ3v) is 2.66. The third-order valence-electron chi connectivity index (χ3n) is 2.66. The number of rotatable bonds is 5. The molecule has 1 heterocycles. The fourth-order valence-corrected chi connectivity index (χ4v) is 1.60. The Morgan fingerprint density at radius 3 is 2.75 bits per heavy atom. The number of nitrogens with one attached hydrogen (secondary N) is 1. The van der Waals surface area contributed by atoms with Crippen molar-refractivity contribution in [2.24, 2.45) is 0 Å². The van der Waals surface area contributed by atoms with Crippen LogP contribution in [0.3, 0.4) is 0 Å². The van der Waals surface area contributed by atoms with Gasteiger partial charge in [0, 0.05) is 34.2 Å². The molecule has 0 spiro atoms. The fourth-order valence-electron chi connectivity index (χ4n) is 1.60. The zero-order chi connectivity index (χ0) is 11.6. The average Bonchev–Trinajstić information content (AvgIpc) is 3.17. The Morgan fingerprint density at radius 1 is 1.44 bits per heavy atom.